The van der Waals surface area contributed by atoms with Gasteiger partial charge in [0.15, 0.2) is 0 Å². The van der Waals surface area contributed by atoms with E-state index in [4.69, 9.17) is 4.74 Å². The predicted molar refractivity (Wildman–Crippen MR) is 128 cm³/mol. The molecular weight excluding hydrogens is 607 g/mol. The van der Waals surface area contributed by atoms with Crippen molar-refractivity contribution in [2.75, 3.05) is 0 Å². The van der Waals surface area contributed by atoms with Crippen LogP contribution in [0.15, 0.2) is 79.1 Å². The van der Waals surface area contributed by atoms with Gasteiger partial charge in [0, 0.05) is 38.5 Å². The van der Waals surface area contributed by atoms with Gasteiger partial charge in [-0.1, -0.05) is 36.7 Å². The van der Waals surface area contributed by atoms with Gasteiger partial charge < -0.3 is 14.4 Å². The second kappa shape index (κ2) is 8.88. The number of para-hydroxylation sites is 2. The molecule has 6 aromatic rings. The summed E-state index contributed by atoms with van der Waals surface area (Å²) in [7, 11) is 0. The van der Waals surface area contributed by atoms with Crippen molar-refractivity contribution in [1.82, 2.24) is 19.5 Å². The molecule has 0 saturated heterocycles. The van der Waals surface area contributed by atoms with Crippen LogP contribution in [0.2, 0.25) is 0 Å². The molecule has 0 atom stereocenters. The minimum atomic E-state index is 0. The van der Waals surface area contributed by atoms with E-state index >= 15 is 0 Å². The van der Waals surface area contributed by atoms with E-state index in [-0.39, 0.29) is 32.7 Å². The smallest absolute Gasteiger partial charge is 0.236 e. The fourth-order valence-corrected chi connectivity index (χ4v) is 4.14. The average Bonchev–Trinajstić information content (AvgIpc) is 3.18. The van der Waals surface area contributed by atoms with Crippen LogP contribution in [0.3, 0.4) is 0 Å². The Labute approximate surface area is 210 Å². The molecule has 6 nitrogen and oxygen atoms in total. The van der Waals surface area contributed by atoms with Gasteiger partial charge in [0.1, 0.15) is 17.1 Å². The number of phenolic OH excluding ortho intramolecular Hbond substituents is 1. The molecule has 0 bridgehead atoms. The number of nitrogens with zero attached hydrogens (tertiary/aromatic N) is 4. The first kappa shape index (κ1) is 22.1. The number of aromatic hydroxyl groups is 1. The number of benzene rings is 3. The summed E-state index contributed by atoms with van der Waals surface area (Å²) in [4.78, 5) is 13.4. The normalized spacial score (nSPS) is 11.1. The van der Waals surface area contributed by atoms with Crippen LogP contribution < -0.4 is 4.74 Å². The maximum absolute atomic E-state index is 10.1. The van der Waals surface area contributed by atoms with Crippen molar-refractivity contribution in [3.05, 3.63) is 90.8 Å². The quantitative estimate of drug-likeness (QED) is 0.244. The number of aromatic nitrogens is 4. The Hall–Kier alpha value is -3.76. The zero-order valence-corrected chi connectivity index (χ0v) is 20.4. The van der Waals surface area contributed by atoms with Crippen molar-refractivity contribution >= 4 is 32.8 Å². The number of pyridine rings is 1. The van der Waals surface area contributed by atoms with E-state index in [1.54, 1.807) is 24.4 Å². The summed E-state index contributed by atoms with van der Waals surface area (Å²) in [6, 6.07) is 24.8. The zero-order valence-electron chi connectivity index (χ0n) is 18.2. The number of phenols is 1. The molecular formula is C27H19N4O2Pt-. The number of fused-ring (bicyclic) bond motifs is 4. The predicted octanol–water partition coefficient (Wildman–Crippen LogP) is 5.98. The van der Waals surface area contributed by atoms with E-state index in [1.807, 2.05) is 36.5 Å². The first-order chi connectivity index (χ1) is 16.2. The van der Waals surface area contributed by atoms with Crippen LogP contribution in [-0.4, -0.2) is 24.6 Å². The first-order valence-electron chi connectivity index (χ1n) is 10.7. The van der Waals surface area contributed by atoms with Crippen molar-refractivity contribution < 1.29 is 30.9 Å². The van der Waals surface area contributed by atoms with Gasteiger partial charge in [0.25, 0.3) is 0 Å². The molecule has 0 amide bonds. The van der Waals surface area contributed by atoms with Gasteiger partial charge in [-0.05, 0) is 47.7 Å². The molecule has 3 aromatic heterocycles. The third-order valence-corrected chi connectivity index (χ3v) is 5.75. The molecule has 3 heterocycles. The molecule has 7 heteroatoms. The minimum Gasteiger partial charge on any atom is -0.506 e. The van der Waals surface area contributed by atoms with Gasteiger partial charge in [0.05, 0.1) is 11.7 Å². The summed E-state index contributed by atoms with van der Waals surface area (Å²) in [5, 5.41) is 12.3. The number of aryl methyl sites for hydroxylation is 1. The Morgan fingerprint density at radius 2 is 1.85 bits per heavy atom. The number of ether oxygens (including phenoxy) is 1. The van der Waals surface area contributed by atoms with Crippen LogP contribution >= 0.6 is 0 Å². The summed E-state index contributed by atoms with van der Waals surface area (Å²) in [5.74, 6) is 1.69. The van der Waals surface area contributed by atoms with Gasteiger partial charge in [-0.15, -0.1) is 17.5 Å². The Kier molecular flexibility index (Phi) is 5.76. The molecule has 1 N–H and O–H groups in total. The maximum Gasteiger partial charge on any atom is 0.236 e. The standard InChI is InChI=1S/C27H19N4O2.Pt/c1-2-17-12-13-28-25(14-17)31-22-8-4-3-6-19(22)20-11-10-18(15-23(20)31)33-26-16-29-21-7-5-9-24(32)27(21)30-26;/h3-14,16,32H,2H2,1H3;/q-1;. The summed E-state index contributed by atoms with van der Waals surface area (Å²) < 4.78 is 8.11. The summed E-state index contributed by atoms with van der Waals surface area (Å²) in [6.07, 6.45) is 4.31. The second-order valence-corrected chi connectivity index (χ2v) is 7.77. The topological polar surface area (TPSA) is 73.1 Å². The number of hydrogen-bond donors (Lipinski definition) is 1. The Balaban J connectivity index is 0.00000241. The van der Waals surface area contributed by atoms with Crippen molar-refractivity contribution in [2.24, 2.45) is 0 Å². The average molecular weight is 627 g/mol. The monoisotopic (exact) mass is 626 g/mol. The largest absolute Gasteiger partial charge is 0.506 e. The Morgan fingerprint density at radius 3 is 2.74 bits per heavy atom. The second-order valence-electron chi connectivity index (χ2n) is 7.77. The van der Waals surface area contributed by atoms with Crippen molar-refractivity contribution in [1.29, 1.82) is 0 Å². The van der Waals surface area contributed by atoms with E-state index < -0.39 is 0 Å². The molecule has 0 aliphatic rings. The molecule has 0 saturated carbocycles. The van der Waals surface area contributed by atoms with Crippen LogP contribution in [-0.2, 0) is 27.5 Å². The molecule has 0 aliphatic heterocycles. The molecule has 0 aliphatic carbocycles. The Bertz CT molecular complexity index is 1660. The van der Waals surface area contributed by atoms with Gasteiger partial charge in [-0.2, -0.15) is 6.07 Å². The van der Waals surface area contributed by atoms with Crippen LogP contribution in [0, 0.1) is 6.07 Å². The molecule has 6 rings (SSSR count). The van der Waals surface area contributed by atoms with E-state index in [0.717, 1.165) is 34.0 Å². The van der Waals surface area contributed by atoms with Crippen LogP contribution in [0.4, 0.5) is 0 Å². The number of hydrogen-bond acceptors (Lipinski definition) is 5. The van der Waals surface area contributed by atoms with E-state index in [9.17, 15) is 5.11 Å². The van der Waals surface area contributed by atoms with Crippen LogP contribution in [0.1, 0.15) is 12.5 Å². The summed E-state index contributed by atoms with van der Waals surface area (Å²) in [6.45, 7) is 2.13. The molecule has 0 unspecified atom stereocenters. The first-order valence-corrected chi connectivity index (χ1v) is 10.7. The Morgan fingerprint density at radius 1 is 0.971 bits per heavy atom. The van der Waals surface area contributed by atoms with Crippen molar-refractivity contribution in [3.63, 3.8) is 0 Å². The SMILES string of the molecule is CCc1ccnc(-n2c3[c-]c(Oc4cnc5cccc(O)c5n4)ccc3c3ccccc32)c1.[Pt]. The van der Waals surface area contributed by atoms with E-state index in [2.05, 4.69) is 50.7 Å². The fourth-order valence-electron chi connectivity index (χ4n) is 4.14. The maximum atomic E-state index is 10.1. The van der Waals surface area contributed by atoms with Gasteiger partial charge in [0.2, 0.25) is 5.88 Å². The molecule has 34 heavy (non-hydrogen) atoms. The van der Waals surface area contributed by atoms with Crippen LogP contribution in [0.5, 0.6) is 17.4 Å². The molecule has 0 spiro atoms. The van der Waals surface area contributed by atoms with Crippen LogP contribution in [0.25, 0.3) is 38.7 Å². The van der Waals surface area contributed by atoms with Crippen molar-refractivity contribution in [3.8, 4) is 23.2 Å². The van der Waals surface area contributed by atoms with Gasteiger partial charge >= 0.3 is 0 Å². The molecule has 170 valence electrons. The minimum absolute atomic E-state index is 0. The molecule has 0 fully saturated rings. The van der Waals surface area contributed by atoms with Gasteiger partial charge in [-0.25, -0.2) is 15.0 Å². The third-order valence-electron chi connectivity index (χ3n) is 5.75. The summed E-state index contributed by atoms with van der Waals surface area (Å²) in [5.41, 5.74) is 4.13. The zero-order chi connectivity index (χ0) is 22.4. The fraction of sp³-hybridized carbons (Fsp3) is 0.0741. The van der Waals surface area contributed by atoms with E-state index in [0.29, 0.717) is 16.8 Å². The van der Waals surface area contributed by atoms with Crippen molar-refractivity contribution in [2.45, 2.75) is 13.3 Å². The molecule has 0 radical (unpaired) electrons. The van der Waals surface area contributed by atoms with Gasteiger partial charge in [-0.3, -0.25) is 0 Å². The van der Waals surface area contributed by atoms with E-state index in [1.165, 1.54) is 5.56 Å². The third kappa shape index (κ3) is 3.70. The summed E-state index contributed by atoms with van der Waals surface area (Å²) >= 11 is 0. The molecule has 3 aromatic carbocycles. The number of rotatable bonds is 4.